The molecule has 0 aliphatic rings. The molecule has 0 spiro atoms. The quantitative estimate of drug-likeness (QED) is 0.601. The van der Waals surface area contributed by atoms with Crippen LogP contribution in [-0.4, -0.2) is 28.7 Å². The minimum atomic E-state index is -0.193. The molecule has 0 fully saturated rings. The summed E-state index contributed by atoms with van der Waals surface area (Å²) in [6.45, 7) is 2.03. The van der Waals surface area contributed by atoms with Crippen LogP contribution in [0.15, 0.2) is 40.3 Å². The summed E-state index contributed by atoms with van der Waals surface area (Å²) < 4.78 is 5.06. The topological polar surface area (TPSA) is 84.1 Å². The molecule has 0 atom stereocenters. The molecule has 1 aromatic heterocycles. The van der Waals surface area contributed by atoms with Crippen LogP contribution in [0, 0.1) is 0 Å². The van der Waals surface area contributed by atoms with E-state index in [4.69, 9.17) is 4.74 Å². The van der Waals surface area contributed by atoms with Gasteiger partial charge in [-0.1, -0.05) is 25.1 Å². The predicted octanol–water partition coefficient (Wildman–Crippen LogP) is 2.46. The molecule has 122 valence electrons. The van der Waals surface area contributed by atoms with Crippen LogP contribution in [0.1, 0.15) is 19.0 Å². The van der Waals surface area contributed by atoms with Gasteiger partial charge in [-0.3, -0.25) is 9.59 Å². The normalized spacial score (nSPS) is 10.3. The number of anilines is 1. The lowest BCUT2D eigenvalue weighted by atomic mass is 10.2. The summed E-state index contributed by atoms with van der Waals surface area (Å²) in [5.74, 6) is 0.737. The molecule has 2 rings (SSSR count). The average Bonchev–Trinajstić information content (AvgIpc) is 2.53. The van der Waals surface area contributed by atoms with Crippen molar-refractivity contribution in [2.45, 2.75) is 24.9 Å². The first-order valence-electron chi connectivity index (χ1n) is 7.27. The van der Waals surface area contributed by atoms with E-state index in [1.165, 1.54) is 17.8 Å². The van der Waals surface area contributed by atoms with Gasteiger partial charge in [0.15, 0.2) is 5.16 Å². The largest absolute Gasteiger partial charge is 0.497 e. The van der Waals surface area contributed by atoms with E-state index in [0.29, 0.717) is 10.8 Å². The van der Waals surface area contributed by atoms with Crippen molar-refractivity contribution in [2.24, 2.45) is 0 Å². The number of ether oxygens (including phenoxy) is 1. The maximum Gasteiger partial charge on any atom is 0.251 e. The predicted molar refractivity (Wildman–Crippen MR) is 91.2 cm³/mol. The lowest BCUT2D eigenvalue weighted by Crippen LogP contribution is -2.15. The highest BCUT2D eigenvalue weighted by atomic mass is 32.2. The Hall–Kier alpha value is -2.28. The van der Waals surface area contributed by atoms with Gasteiger partial charge in [-0.15, -0.1) is 0 Å². The van der Waals surface area contributed by atoms with E-state index in [0.717, 1.165) is 24.3 Å². The van der Waals surface area contributed by atoms with E-state index in [9.17, 15) is 9.59 Å². The Labute approximate surface area is 138 Å². The fourth-order valence-electron chi connectivity index (χ4n) is 1.94. The van der Waals surface area contributed by atoms with Crippen molar-refractivity contribution in [1.82, 2.24) is 9.97 Å². The molecular weight excluding hydrogens is 314 g/mol. The molecule has 7 heteroatoms. The van der Waals surface area contributed by atoms with Crippen molar-refractivity contribution in [3.63, 3.8) is 0 Å². The van der Waals surface area contributed by atoms with Gasteiger partial charge in [-0.05, 0) is 30.7 Å². The van der Waals surface area contributed by atoms with Gasteiger partial charge in [-0.2, -0.15) is 0 Å². The molecule has 0 unspecified atom stereocenters. The number of benzene rings is 1. The molecule has 0 aliphatic carbocycles. The minimum absolute atomic E-state index is 0.163. The number of rotatable bonds is 7. The van der Waals surface area contributed by atoms with Crippen LogP contribution >= 0.6 is 11.8 Å². The van der Waals surface area contributed by atoms with Gasteiger partial charge in [-0.25, -0.2) is 4.98 Å². The SMILES string of the molecule is CCCc1cc(=O)[nH]c(SCC(=O)Nc2ccc(OC)cc2)n1. The smallest absolute Gasteiger partial charge is 0.251 e. The highest BCUT2D eigenvalue weighted by Gasteiger charge is 2.07. The number of hydrogen-bond acceptors (Lipinski definition) is 5. The number of hydrogen-bond donors (Lipinski definition) is 2. The molecule has 0 bridgehead atoms. The zero-order valence-corrected chi connectivity index (χ0v) is 13.9. The van der Waals surface area contributed by atoms with Crippen LogP contribution in [0.2, 0.25) is 0 Å². The number of H-pyrrole nitrogens is 1. The first kappa shape index (κ1) is 17.1. The van der Waals surface area contributed by atoms with Gasteiger partial charge in [0.2, 0.25) is 5.91 Å². The van der Waals surface area contributed by atoms with Crippen molar-refractivity contribution in [2.75, 3.05) is 18.2 Å². The Bertz CT molecular complexity index is 713. The Balaban J connectivity index is 1.92. The van der Waals surface area contributed by atoms with Gasteiger partial charge in [0, 0.05) is 17.4 Å². The van der Waals surface area contributed by atoms with Crippen molar-refractivity contribution in [3.8, 4) is 5.75 Å². The number of carbonyl (C=O) groups excluding carboxylic acids is 1. The van der Waals surface area contributed by atoms with Crippen LogP contribution in [0.25, 0.3) is 0 Å². The second-order valence-electron chi connectivity index (χ2n) is 4.86. The molecule has 0 saturated heterocycles. The third-order valence-electron chi connectivity index (χ3n) is 2.99. The molecule has 2 N–H and O–H groups in total. The van der Waals surface area contributed by atoms with Gasteiger partial charge < -0.3 is 15.0 Å². The molecule has 1 amide bonds. The zero-order chi connectivity index (χ0) is 16.7. The first-order valence-corrected chi connectivity index (χ1v) is 8.26. The molecule has 1 heterocycles. The Morgan fingerprint density at radius 3 is 2.74 bits per heavy atom. The molecule has 0 saturated carbocycles. The summed E-state index contributed by atoms with van der Waals surface area (Å²) >= 11 is 1.21. The second-order valence-corrected chi connectivity index (χ2v) is 5.82. The number of aromatic amines is 1. The highest BCUT2D eigenvalue weighted by molar-refractivity contribution is 7.99. The number of amides is 1. The standard InChI is InChI=1S/C16H19N3O3S/c1-3-4-12-9-14(20)19-16(18-12)23-10-15(21)17-11-5-7-13(22-2)8-6-11/h5-9H,3-4,10H2,1-2H3,(H,17,21)(H,18,19,20). The Morgan fingerprint density at radius 2 is 2.09 bits per heavy atom. The molecule has 23 heavy (non-hydrogen) atoms. The van der Waals surface area contributed by atoms with E-state index < -0.39 is 0 Å². The first-order chi connectivity index (χ1) is 11.1. The average molecular weight is 333 g/mol. The summed E-state index contributed by atoms with van der Waals surface area (Å²) in [6.07, 6.45) is 1.66. The number of nitrogens with zero attached hydrogens (tertiary/aromatic N) is 1. The fourth-order valence-corrected chi connectivity index (χ4v) is 2.64. The van der Waals surface area contributed by atoms with Crippen LogP contribution in [0.3, 0.4) is 0 Å². The maximum atomic E-state index is 12.0. The van der Waals surface area contributed by atoms with Gasteiger partial charge in [0.1, 0.15) is 5.75 Å². The van der Waals surface area contributed by atoms with E-state index in [-0.39, 0.29) is 17.2 Å². The third-order valence-corrected chi connectivity index (χ3v) is 3.87. The molecule has 6 nitrogen and oxygen atoms in total. The maximum absolute atomic E-state index is 12.0. The van der Waals surface area contributed by atoms with E-state index >= 15 is 0 Å². The summed E-state index contributed by atoms with van der Waals surface area (Å²) in [5, 5.41) is 3.25. The number of nitrogens with one attached hydrogen (secondary N) is 2. The van der Waals surface area contributed by atoms with Crippen molar-refractivity contribution < 1.29 is 9.53 Å². The number of aromatic nitrogens is 2. The van der Waals surface area contributed by atoms with Crippen LogP contribution in [0.5, 0.6) is 5.75 Å². The monoisotopic (exact) mass is 333 g/mol. The summed E-state index contributed by atoms with van der Waals surface area (Å²) in [7, 11) is 1.59. The van der Waals surface area contributed by atoms with E-state index in [2.05, 4.69) is 15.3 Å². The van der Waals surface area contributed by atoms with Gasteiger partial charge >= 0.3 is 0 Å². The zero-order valence-electron chi connectivity index (χ0n) is 13.1. The summed E-state index contributed by atoms with van der Waals surface area (Å²) in [6, 6.07) is 8.57. The Morgan fingerprint density at radius 1 is 1.35 bits per heavy atom. The van der Waals surface area contributed by atoms with E-state index in [1.54, 1.807) is 31.4 Å². The van der Waals surface area contributed by atoms with Crippen molar-refractivity contribution in [3.05, 3.63) is 46.4 Å². The summed E-state index contributed by atoms with van der Waals surface area (Å²) in [4.78, 5) is 30.5. The van der Waals surface area contributed by atoms with Crippen LogP contribution < -0.4 is 15.6 Å². The minimum Gasteiger partial charge on any atom is -0.497 e. The second kappa shape index (κ2) is 8.38. The van der Waals surface area contributed by atoms with E-state index in [1.807, 2.05) is 6.92 Å². The lowest BCUT2D eigenvalue weighted by molar-refractivity contribution is -0.113. The fraction of sp³-hybridized carbons (Fsp3) is 0.312. The third kappa shape index (κ3) is 5.45. The molecule has 0 aliphatic heterocycles. The molecule has 2 aromatic rings. The highest BCUT2D eigenvalue weighted by Crippen LogP contribution is 2.16. The number of carbonyl (C=O) groups is 1. The van der Waals surface area contributed by atoms with Crippen LogP contribution in [-0.2, 0) is 11.2 Å². The van der Waals surface area contributed by atoms with Crippen molar-refractivity contribution >= 4 is 23.4 Å². The molecule has 1 aromatic carbocycles. The number of thioether (sulfide) groups is 1. The summed E-state index contributed by atoms with van der Waals surface area (Å²) in [5.41, 5.74) is 1.24. The Kier molecular flexibility index (Phi) is 6.22. The van der Waals surface area contributed by atoms with Crippen molar-refractivity contribution in [1.29, 1.82) is 0 Å². The van der Waals surface area contributed by atoms with Gasteiger partial charge in [0.25, 0.3) is 5.56 Å². The van der Waals surface area contributed by atoms with Gasteiger partial charge in [0.05, 0.1) is 12.9 Å². The molecular formula is C16H19N3O3S. The number of aryl methyl sites for hydroxylation is 1. The molecule has 0 radical (unpaired) electrons. The van der Waals surface area contributed by atoms with Crippen LogP contribution in [0.4, 0.5) is 5.69 Å². The number of methoxy groups -OCH3 is 1. The lowest BCUT2D eigenvalue weighted by Gasteiger charge is -2.06.